The average molecular weight is 497 g/mol. The summed E-state index contributed by atoms with van der Waals surface area (Å²) >= 11 is 1.20. The van der Waals surface area contributed by atoms with Gasteiger partial charge in [0.05, 0.1) is 7.11 Å². The predicted octanol–water partition coefficient (Wildman–Crippen LogP) is 5.27. The summed E-state index contributed by atoms with van der Waals surface area (Å²) in [7, 11) is 2.80. The van der Waals surface area contributed by atoms with Crippen molar-refractivity contribution in [2.45, 2.75) is 39.0 Å². The van der Waals surface area contributed by atoms with Crippen LogP contribution < -0.4 is 5.73 Å². The number of benzene rings is 2. The number of nitrogens with zero attached hydrogens (tertiary/aromatic N) is 3. The molecule has 1 heterocycles. The van der Waals surface area contributed by atoms with Crippen LogP contribution in [0.4, 0.5) is 13.6 Å². The van der Waals surface area contributed by atoms with Crippen LogP contribution in [0.15, 0.2) is 59.7 Å². The molecule has 10 heteroatoms. The molecule has 0 aliphatic carbocycles. The molecule has 2 N–H and O–H groups in total. The highest BCUT2D eigenvalue weighted by Gasteiger charge is 2.35. The van der Waals surface area contributed by atoms with Gasteiger partial charge in [-0.15, -0.1) is 0 Å². The summed E-state index contributed by atoms with van der Waals surface area (Å²) in [6.45, 7) is 5.91. The summed E-state index contributed by atoms with van der Waals surface area (Å²) < 4.78 is 27.3. The van der Waals surface area contributed by atoms with Crippen LogP contribution in [0.5, 0.6) is 0 Å². The number of nitrogens with two attached hydrogens (primary N) is 1. The summed E-state index contributed by atoms with van der Waals surface area (Å²) in [6, 6.07) is 14.6. The molecule has 0 bridgehead atoms. The van der Waals surface area contributed by atoms with Gasteiger partial charge < -0.3 is 10.5 Å². The Kier molecular flexibility index (Phi) is 17.0. The number of thioether (sulfide) groups is 1. The zero-order valence-corrected chi connectivity index (χ0v) is 21.1. The molecule has 1 aliphatic heterocycles. The maximum atomic E-state index is 13.9. The van der Waals surface area contributed by atoms with Crippen LogP contribution in [0.25, 0.3) is 0 Å². The van der Waals surface area contributed by atoms with Crippen molar-refractivity contribution in [2.75, 3.05) is 20.7 Å². The van der Waals surface area contributed by atoms with Gasteiger partial charge in [-0.2, -0.15) is 10.1 Å². The van der Waals surface area contributed by atoms with Crippen molar-refractivity contribution in [3.05, 3.63) is 71.8 Å². The molecule has 2 amide bonds. The Morgan fingerprint density at radius 2 is 1.74 bits per heavy atom. The Morgan fingerprint density at radius 3 is 2.21 bits per heavy atom. The second-order valence-electron chi connectivity index (χ2n) is 6.23. The third-order valence-electron chi connectivity index (χ3n) is 3.94. The van der Waals surface area contributed by atoms with Crippen molar-refractivity contribution in [1.82, 2.24) is 10.1 Å². The van der Waals surface area contributed by atoms with Gasteiger partial charge in [-0.1, -0.05) is 62.0 Å². The van der Waals surface area contributed by atoms with E-state index in [-0.39, 0.29) is 16.0 Å². The Labute approximate surface area is 204 Å². The lowest BCUT2D eigenvalue weighted by atomic mass is 10.2. The zero-order chi connectivity index (χ0) is 25.9. The Morgan fingerprint density at radius 1 is 1.21 bits per heavy atom. The van der Waals surface area contributed by atoms with Gasteiger partial charge in [0.25, 0.3) is 0 Å². The molecule has 0 radical (unpaired) electrons. The topological polar surface area (TPSA) is 88.2 Å². The molecular weight excluding hydrogens is 462 g/mol. The number of hydroxylamine groups is 2. The zero-order valence-electron chi connectivity index (χ0n) is 20.3. The van der Waals surface area contributed by atoms with E-state index >= 15 is 0 Å². The summed E-state index contributed by atoms with van der Waals surface area (Å²) in [5, 5.41) is 6.29. The summed E-state index contributed by atoms with van der Waals surface area (Å²) in [5.74, 6) is -1.16. The normalized spacial score (nSPS) is 13.7. The van der Waals surface area contributed by atoms with Gasteiger partial charge >= 0.3 is 6.03 Å². The lowest BCUT2D eigenvalue weighted by Gasteiger charge is -2.24. The number of hydrogen-bond donors (Lipinski definition) is 1. The molecule has 7 nitrogen and oxygen atoms in total. The number of hydrogen-bond acceptors (Lipinski definition) is 6. The molecule has 0 saturated heterocycles. The molecule has 0 fully saturated rings. The number of carbonyl (C=O) groups excluding carboxylic acids is 2. The molecule has 3 rings (SSSR count). The summed E-state index contributed by atoms with van der Waals surface area (Å²) in [4.78, 5) is 26.0. The van der Waals surface area contributed by atoms with Crippen LogP contribution in [0.2, 0.25) is 0 Å². The fourth-order valence-corrected chi connectivity index (χ4v) is 3.59. The van der Waals surface area contributed by atoms with Gasteiger partial charge in [0.2, 0.25) is 0 Å². The second kappa shape index (κ2) is 18.6. The highest BCUT2D eigenvalue weighted by Crippen LogP contribution is 2.34. The number of halogens is 2. The molecule has 0 aromatic heterocycles. The predicted molar refractivity (Wildman–Crippen MR) is 134 cm³/mol. The largest absolute Gasteiger partial charge is 0.365 e. The van der Waals surface area contributed by atoms with E-state index in [1.807, 2.05) is 50.2 Å². The maximum absolute atomic E-state index is 13.9. The van der Waals surface area contributed by atoms with Gasteiger partial charge in [0.15, 0.2) is 0 Å². The fourth-order valence-electron chi connectivity index (χ4n) is 2.39. The van der Waals surface area contributed by atoms with E-state index in [1.54, 1.807) is 0 Å². The minimum Gasteiger partial charge on any atom is -0.330 e. The molecule has 1 atom stereocenters. The monoisotopic (exact) mass is 496 g/mol. The molecule has 2 aromatic rings. The highest BCUT2D eigenvalue weighted by atomic mass is 32.2. The number of hydrazone groups is 1. The van der Waals surface area contributed by atoms with E-state index in [9.17, 15) is 13.6 Å². The quantitative estimate of drug-likeness (QED) is 0.450. The summed E-state index contributed by atoms with van der Waals surface area (Å²) in [5.41, 5.74) is 5.54. The molecule has 2 aromatic carbocycles. The maximum Gasteiger partial charge on any atom is 0.365 e. The Balaban J connectivity index is 0.000000822. The lowest BCUT2D eigenvalue weighted by Crippen LogP contribution is -2.40. The highest BCUT2D eigenvalue weighted by molar-refractivity contribution is 8.15. The number of urea groups is 1. The van der Waals surface area contributed by atoms with Crippen molar-refractivity contribution in [3.8, 4) is 0 Å². The van der Waals surface area contributed by atoms with E-state index < -0.39 is 17.7 Å². The van der Waals surface area contributed by atoms with E-state index in [2.05, 4.69) is 5.10 Å². The minimum atomic E-state index is -0.593. The number of rotatable bonds is 5. The molecule has 188 valence electrons. The lowest BCUT2D eigenvalue weighted by molar-refractivity contribution is -0.106. The number of aldehydes is 1. The van der Waals surface area contributed by atoms with Crippen molar-refractivity contribution in [1.29, 1.82) is 0 Å². The fraction of sp³-hybridized carbons (Fsp3) is 0.375. The van der Waals surface area contributed by atoms with E-state index in [0.717, 1.165) is 29.5 Å². The van der Waals surface area contributed by atoms with Crippen molar-refractivity contribution < 1.29 is 23.2 Å². The first-order valence-electron chi connectivity index (χ1n) is 10.8. The summed E-state index contributed by atoms with van der Waals surface area (Å²) in [6.07, 6.45) is 2.00. The first kappa shape index (κ1) is 31.2. The molecule has 0 saturated carbocycles. The second-order valence-corrected chi connectivity index (χ2v) is 7.40. The van der Waals surface area contributed by atoms with Crippen LogP contribution in [-0.2, 0) is 9.63 Å². The minimum absolute atomic E-state index is 0.0307. The van der Waals surface area contributed by atoms with Crippen molar-refractivity contribution in [3.63, 3.8) is 0 Å². The number of amides is 2. The van der Waals surface area contributed by atoms with Gasteiger partial charge in [-0.25, -0.2) is 18.6 Å². The smallest absolute Gasteiger partial charge is 0.330 e. The van der Waals surface area contributed by atoms with Gasteiger partial charge in [-0.3, -0.25) is 4.84 Å². The first-order chi connectivity index (χ1) is 16.4. The first-order valence-corrected chi connectivity index (χ1v) is 11.7. The molecular formula is C24H34F2N4O3S. The van der Waals surface area contributed by atoms with Gasteiger partial charge in [0.1, 0.15) is 28.3 Å². The van der Waals surface area contributed by atoms with Crippen LogP contribution in [0, 0.1) is 11.6 Å². The van der Waals surface area contributed by atoms with Crippen LogP contribution in [0.3, 0.4) is 0 Å². The van der Waals surface area contributed by atoms with Crippen molar-refractivity contribution in [2.24, 2.45) is 10.8 Å². The SMILES string of the molecule is CC.CC=O.CON(C)C(=O)N1N=C(c2cc(F)ccc2F)SC1CCCN.c1ccccc1. The van der Waals surface area contributed by atoms with Crippen LogP contribution in [0.1, 0.15) is 39.2 Å². The van der Waals surface area contributed by atoms with Gasteiger partial charge in [0, 0.05) is 12.6 Å². The third-order valence-corrected chi connectivity index (χ3v) is 5.17. The Hall–Kier alpha value is -2.82. The number of carbonyl (C=O) groups is 2. The van der Waals surface area contributed by atoms with E-state index in [4.69, 9.17) is 15.4 Å². The Bertz CT molecular complexity index is 846. The van der Waals surface area contributed by atoms with E-state index in [0.29, 0.717) is 19.4 Å². The van der Waals surface area contributed by atoms with Crippen molar-refractivity contribution >= 4 is 29.1 Å². The molecule has 34 heavy (non-hydrogen) atoms. The van der Waals surface area contributed by atoms with E-state index in [1.165, 1.54) is 37.9 Å². The van der Waals surface area contributed by atoms with Crippen LogP contribution >= 0.6 is 11.8 Å². The molecule has 0 spiro atoms. The average Bonchev–Trinajstić information content (AvgIpc) is 3.30. The third kappa shape index (κ3) is 10.9. The van der Waals surface area contributed by atoms with Gasteiger partial charge in [-0.05, 0) is 44.5 Å². The van der Waals surface area contributed by atoms with Crippen LogP contribution in [-0.4, -0.2) is 53.5 Å². The molecule has 1 aliphatic rings. The molecule has 1 unspecified atom stereocenters. The standard InChI is InChI=1S/C14H18F2N4O2S.C6H6.C2H4O.C2H6/c1-19(22-2)14(21)20-12(4-3-7-17)23-13(18-20)10-8-9(15)5-6-11(10)16;1-2-4-6-5-3-1;1-2-3;1-2/h5-6,8,12H,3-4,7,17H2,1-2H3;1-6H;2H,1H3;1-2H3.